The molecule has 0 bridgehead atoms. The van der Waals surface area contributed by atoms with Gasteiger partial charge in [-0.25, -0.2) is 14.6 Å². The monoisotopic (exact) mass is 492 g/mol. The number of aromatic nitrogens is 6. The van der Waals surface area contributed by atoms with E-state index in [2.05, 4.69) is 20.3 Å². The fraction of sp³-hybridized carbons (Fsp3) is 0.208. The molecule has 0 aliphatic heterocycles. The average molecular weight is 493 g/mol. The van der Waals surface area contributed by atoms with Crippen molar-refractivity contribution in [3.8, 4) is 11.3 Å². The van der Waals surface area contributed by atoms with Gasteiger partial charge in [-0.1, -0.05) is 53.2 Å². The second-order valence-corrected chi connectivity index (χ2v) is 11.0. The summed E-state index contributed by atoms with van der Waals surface area (Å²) >= 11 is 6.79. The topological polar surface area (TPSA) is 95.7 Å². The molecule has 3 heterocycles. The molecule has 8 nitrogen and oxygen atoms in total. The van der Waals surface area contributed by atoms with Gasteiger partial charge >= 0.3 is 0 Å². The first-order valence-electron chi connectivity index (χ1n) is 10.8. The lowest BCUT2D eigenvalue weighted by molar-refractivity contribution is 0.336. The molecular formula is C24H22ClN6O2P. The highest BCUT2D eigenvalue weighted by Gasteiger charge is 2.19. The van der Waals surface area contributed by atoms with E-state index in [1.807, 2.05) is 61.5 Å². The zero-order valence-corrected chi connectivity index (χ0v) is 20.3. The fourth-order valence-electron chi connectivity index (χ4n) is 3.84. The second-order valence-electron chi connectivity index (χ2n) is 8.01. The van der Waals surface area contributed by atoms with Crippen LogP contribution in [0.15, 0.2) is 67.0 Å². The zero-order chi connectivity index (χ0) is 23.7. The maximum Gasteiger partial charge on any atom is 0.221 e. The number of alkyl halides is 1. The van der Waals surface area contributed by atoms with Crippen LogP contribution in [-0.4, -0.2) is 43.2 Å². The smallest absolute Gasteiger partial charge is 0.221 e. The standard InChI is InChI=1S/C24H22ClN6O2P/c1-3-33-34(2,32)15-16-6-8-17(9-7-16)21-14-27-23-24(28-21)31(30-29-23)22(25)19-10-11-20-18(13-19)5-4-12-26-20/h4-14,22H,3,15H2,1-2H3. The quantitative estimate of drug-likeness (QED) is 0.213. The summed E-state index contributed by atoms with van der Waals surface area (Å²) in [5.41, 5.74) is 4.51. The number of fused-ring (bicyclic) bond motifs is 2. The van der Waals surface area contributed by atoms with Gasteiger partial charge in [0.05, 0.1) is 24.0 Å². The van der Waals surface area contributed by atoms with Crippen LogP contribution in [-0.2, 0) is 15.3 Å². The summed E-state index contributed by atoms with van der Waals surface area (Å²) in [5.74, 6) is 0. The van der Waals surface area contributed by atoms with E-state index in [9.17, 15) is 4.57 Å². The first kappa shape index (κ1) is 22.6. The third-order valence-corrected chi connectivity index (χ3v) is 7.61. The van der Waals surface area contributed by atoms with Crippen molar-refractivity contribution in [2.45, 2.75) is 18.6 Å². The van der Waals surface area contributed by atoms with E-state index in [1.54, 1.807) is 23.7 Å². The molecule has 0 saturated heterocycles. The van der Waals surface area contributed by atoms with Gasteiger partial charge < -0.3 is 4.52 Å². The van der Waals surface area contributed by atoms with E-state index in [1.165, 1.54) is 0 Å². The summed E-state index contributed by atoms with van der Waals surface area (Å²) in [5, 5.41) is 9.33. The van der Waals surface area contributed by atoms with Gasteiger partial charge in [-0.2, -0.15) is 0 Å². The fourth-order valence-corrected chi connectivity index (χ4v) is 5.62. The van der Waals surface area contributed by atoms with Crippen molar-refractivity contribution in [3.63, 3.8) is 0 Å². The summed E-state index contributed by atoms with van der Waals surface area (Å²) in [6.45, 7) is 3.93. The predicted molar refractivity (Wildman–Crippen MR) is 133 cm³/mol. The maximum atomic E-state index is 12.5. The van der Waals surface area contributed by atoms with E-state index in [0.717, 1.165) is 27.6 Å². The van der Waals surface area contributed by atoms with Gasteiger partial charge in [0.25, 0.3) is 0 Å². The normalized spacial score (nSPS) is 14.3. The zero-order valence-electron chi connectivity index (χ0n) is 18.7. The largest absolute Gasteiger partial charge is 0.329 e. The Morgan fingerprint density at radius 2 is 1.94 bits per heavy atom. The maximum absolute atomic E-state index is 12.5. The van der Waals surface area contributed by atoms with Crippen LogP contribution in [0.3, 0.4) is 0 Å². The SMILES string of the molecule is CCOP(C)(=O)Cc1ccc(-c2cnc3nnn(C(Cl)c4ccc5ncccc5c4)c3n2)cc1. The van der Waals surface area contributed by atoms with Crippen LogP contribution in [0, 0.1) is 0 Å². The second kappa shape index (κ2) is 9.22. The van der Waals surface area contributed by atoms with Crippen molar-refractivity contribution in [3.05, 3.63) is 78.1 Å². The molecule has 0 N–H and O–H groups in total. The van der Waals surface area contributed by atoms with Crippen molar-refractivity contribution < 1.29 is 9.09 Å². The van der Waals surface area contributed by atoms with Crippen LogP contribution >= 0.6 is 19.0 Å². The predicted octanol–water partition coefficient (Wildman–Crippen LogP) is 5.67. The third kappa shape index (κ3) is 4.57. The van der Waals surface area contributed by atoms with Gasteiger partial charge in [0.1, 0.15) is 0 Å². The summed E-state index contributed by atoms with van der Waals surface area (Å²) in [6.07, 6.45) is 3.80. The molecule has 0 amide bonds. The van der Waals surface area contributed by atoms with Crippen LogP contribution in [0.5, 0.6) is 0 Å². The molecule has 34 heavy (non-hydrogen) atoms. The van der Waals surface area contributed by atoms with Gasteiger partial charge in [-0.15, -0.1) is 5.10 Å². The molecule has 2 atom stereocenters. The summed E-state index contributed by atoms with van der Waals surface area (Å²) in [7, 11) is -2.65. The lowest BCUT2D eigenvalue weighted by atomic mass is 10.1. The number of nitrogens with zero attached hydrogens (tertiary/aromatic N) is 6. The van der Waals surface area contributed by atoms with E-state index in [0.29, 0.717) is 29.8 Å². The Balaban J connectivity index is 1.45. The van der Waals surface area contributed by atoms with Crippen molar-refractivity contribution >= 4 is 41.2 Å². The first-order valence-corrected chi connectivity index (χ1v) is 13.5. The highest BCUT2D eigenvalue weighted by Crippen LogP contribution is 2.46. The van der Waals surface area contributed by atoms with Crippen LogP contribution < -0.4 is 0 Å². The minimum atomic E-state index is -2.65. The number of hydrogen-bond donors (Lipinski definition) is 0. The average Bonchev–Trinajstić information content (AvgIpc) is 3.26. The molecule has 2 aromatic carbocycles. The molecule has 2 unspecified atom stereocenters. The number of halogens is 1. The van der Waals surface area contributed by atoms with Crippen molar-refractivity contribution in [1.29, 1.82) is 0 Å². The van der Waals surface area contributed by atoms with Crippen LogP contribution in [0.4, 0.5) is 0 Å². The molecule has 3 aromatic heterocycles. The van der Waals surface area contributed by atoms with E-state index >= 15 is 0 Å². The van der Waals surface area contributed by atoms with Gasteiger partial charge in [0.15, 0.2) is 11.1 Å². The molecule has 172 valence electrons. The Labute approximate surface area is 201 Å². The molecule has 0 spiro atoms. The number of rotatable bonds is 7. The number of hydrogen-bond acceptors (Lipinski definition) is 7. The highest BCUT2D eigenvalue weighted by molar-refractivity contribution is 7.57. The number of pyridine rings is 1. The summed E-state index contributed by atoms with van der Waals surface area (Å²) < 4.78 is 19.4. The Morgan fingerprint density at radius 1 is 1.12 bits per heavy atom. The van der Waals surface area contributed by atoms with Crippen molar-refractivity contribution in [2.75, 3.05) is 13.3 Å². The van der Waals surface area contributed by atoms with Gasteiger partial charge in [-0.3, -0.25) is 9.55 Å². The molecule has 0 fully saturated rings. The molecular weight excluding hydrogens is 471 g/mol. The van der Waals surface area contributed by atoms with Crippen molar-refractivity contribution in [1.82, 2.24) is 29.9 Å². The van der Waals surface area contributed by atoms with Gasteiger partial charge in [0, 0.05) is 30.0 Å². The van der Waals surface area contributed by atoms with Crippen LogP contribution in [0.25, 0.3) is 33.5 Å². The number of benzene rings is 2. The molecule has 0 radical (unpaired) electrons. The highest BCUT2D eigenvalue weighted by atomic mass is 35.5. The molecule has 0 aliphatic rings. The Bertz CT molecular complexity index is 1520. The van der Waals surface area contributed by atoms with Crippen molar-refractivity contribution in [2.24, 2.45) is 0 Å². The summed E-state index contributed by atoms with van der Waals surface area (Å²) in [6, 6.07) is 17.4. The summed E-state index contributed by atoms with van der Waals surface area (Å²) in [4.78, 5) is 13.5. The minimum Gasteiger partial charge on any atom is -0.329 e. The van der Waals surface area contributed by atoms with Crippen LogP contribution in [0.2, 0.25) is 0 Å². The van der Waals surface area contributed by atoms with Crippen LogP contribution in [0.1, 0.15) is 23.6 Å². The Hall–Kier alpha value is -3.19. The van der Waals surface area contributed by atoms with E-state index in [4.69, 9.17) is 21.1 Å². The minimum absolute atomic E-state index is 0.387. The molecule has 5 aromatic rings. The lowest BCUT2D eigenvalue weighted by Gasteiger charge is -2.13. The Kier molecular flexibility index (Phi) is 6.13. The van der Waals surface area contributed by atoms with Gasteiger partial charge in [0.2, 0.25) is 13.0 Å². The lowest BCUT2D eigenvalue weighted by Crippen LogP contribution is -2.07. The van der Waals surface area contributed by atoms with E-state index < -0.39 is 12.9 Å². The molecule has 10 heteroatoms. The molecule has 0 aliphatic carbocycles. The molecule has 5 rings (SSSR count). The molecule has 0 saturated carbocycles. The first-order chi connectivity index (χ1) is 16.4. The Morgan fingerprint density at radius 3 is 2.74 bits per heavy atom. The van der Waals surface area contributed by atoms with E-state index in [-0.39, 0.29) is 0 Å². The third-order valence-electron chi connectivity index (χ3n) is 5.43. The van der Waals surface area contributed by atoms with Gasteiger partial charge in [-0.05, 0) is 36.2 Å².